The number of rotatable bonds is 2. The first kappa shape index (κ1) is 17.2. The normalized spacial score (nSPS) is 19.9. The number of para-hydroxylation sites is 1. The zero-order chi connectivity index (χ0) is 18.5. The number of carbonyl (C=O) groups is 1. The fourth-order valence-electron chi connectivity index (χ4n) is 3.94. The minimum Gasteiger partial charge on any atom is -0.305 e. The van der Waals surface area contributed by atoms with Crippen LogP contribution in [0.3, 0.4) is 0 Å². The van der Waals surface area contributed by atoms with Crippen LogP contribution in [0.5, 0.6) is 0 Å². The van der Waals surface area contributed by atoms with E-state index in [1.807, 2.05) is 30.0 Å². The van der Waals surface area contributed by atoms with Crippen molar-refractivity contribution in [3.05, 3.63) is 58.9 Å². The number of hydrogen-bond acceptors (Lipinski definition) is 4. The first-order valence-corrected chi connectivity index (χ1v) is 10.5. The number of hydrogen-bond donors (Lipinski definition) is 0. The predicted molar refractivity (Wildman–Crippen MR) is 99.6 cm³/mol. The van der Waals surface area contributed by atoms with Gasteiger partial charge in [-0.1, -0.05) is 18.2 Å². The third-order valence-corrected chi connectivity index (χ3v) is 6.48. The number of pyridine rings is 1. The van der Waals surface area contributed by atoms with Crippen LogP contribution in [-0.2, 0) is 29.4 Å². The van der Waals surface area contributed by atoms with Gasteiger partial charge in [0.2, 0.25) is 10.0 Å². The Morgan fingerprint density at radius 2 is 1.96 bits per heavy atom. The van der Waals surface area contributed by atoms with Crippen molar-refractivity contribution in [1.29, 1.82) is 0 Å². The molecule has 1 unspecified atom stereocenters. The molecular weight excluding hydrogens is 350 g/mol. The molecule has 0 radical (unpaired) electrons. The Labute approximate surface area is 153 Å². The predicted octanol–water partition coefficient (Wildman–Crippen LogP) is 1.99. The number of sulfonamides is 1. The van der Waals surface area contributed by atoms with Gasteiger partial charge in [0, 0.05) is 37.2 Å². The first-order valence-electron chi connectivity index (χ1n) is 8.68. The van der Waals surface area contributed by atoms with Crippen LogP contribution in [0.15, 0.2) is 36.7 Å². The van der Waals surface area contributed by atoms with E-state index in [0.29, 0.717) is 18.5 Å². The number of benzene rings is 1. The lowest BCUT2D eigenvalue weighted by molar-refractivity contribution is 0.0979. The number of anilines is 1. The molecule has 0 fully saturated rings. The maximum absolute atomic E-state index is 13.3. The molecule has 0 aliphatic carbocycles. The Morgan fingerprint density at radius 1 is 1.19 bits per heavy atom. The lowest BCUT2D eigenvalue weighted by Crippen LogP contribution is -2.39. The molecule has 2 aromatic rings. The molecule has 1 atom stereocenters. The fraction of sp³-hybridized carbons (Fsp3) is 0.368. The standard InChI is InChI=1S/C19H21N3O3S/c1-13-9-14-5-3-4-6-18(14)22(13)19(23)17-11-20-10-15-12-21(26(2,24)25)8-7-16(15)17/h3-6,10-11,13H,7-9,12H2,1-2H3. The van der Waals surface area contributed by atoms with Crippen LogP contribution in [0.2, 0.25) is 0 Å². The third-order valence-electron chi connectivity index (χ3n) is 5.23. The van der Waals surface area contributed by atoms with Crippen molar-refractivity contribution in [2.45, 2.75) is 32.4 Å². The number of aromatic nitrogens is 1. The van der Waals surface area contributed by atoms with Crippen molar-refractivity contribution < 1.29 is 13.2 Å². The summed E-state index contributed by atoms with van der Waals surface area (Å²) in [6, 6.07) is 8.06. The first-order chi connectivity index (χ1) is 12.4. The second-order valence-corrected chi connectivity index (χ2v) is 9.01. The number of carbonyl (C=O) groups excluding carboxylic acids is 1. The van der Waals surface area contributed by atoms with Gasteiger partial charge in [-0.3, -0.25) is 9.78 Å². The van der Waals surface area contributed by atoms with Crippen molar-refractivity contribution in [2.24, 2.45) is 0 Å². The molecule has 4 rings (SSSR count). The summed E-state index contributed by atoms with van der Waals surface area (Å²) in [6.07, 6.45) is 5.86. The second-order valence-electron chi connectivity index (χ2n) is 7.03. The second kappa shape index (κ2) is 6.17. The van der Waals surface area contributed by atoms with Crippen molar-refractivity contribution in [3.8, 4) is 0 Å². The van der Waals surface area contributed by atoms with Gasteiger partial charge in [-0.15, -0.1) is 0 Å². The van der Waals surface area contributed by atoms with E-state index in [0.717, 1.165) is 23.2 Å². The Kier molecular flexibility index (Phi) is 4.08. The molecule has 26 heavy (non-hydrogen) atoms. The Balaban J connectivity index is 1.71. The molecule has 0 saturated heterocycles. The summed E-state index contributed by atoms with van der Waals surface area (Å²) in [5, 5.41) is 0. The molecule has 0 N–H and O–H groups in total. The van der Waals surface area contributed by atoms with Crippen LogP contribution in [0, 0.1) is 0 Å². The summed E-state index contributed by atoms with van der Waals surface area (Å²) < 4.78 is 25.1. The smallest absolute Gasteiger partial charge is 0.260 e. The van der Waals surface area contributed by atoms with Crippen LogP contribution in [0.25, 0.3) is 0 Å². The van der Waals surface area contributed by atoms with Crippen molar-refractivity contribution in [3.63, 3.8) is 0 Å². The maximum atomic E-state index is 13.3. The zero-order valence-corrected chi connectivity index (χ0v) is 15.7. The topological polar surface area (TPSA) is 70.6 Å². The highest BCUT2D eigenvalue weighted by atomic mass is 32.2. The minimum atomic E-state index is -3.26. The Bertz CT molecular complexity index is 987. The lowest BCUT2D eigenvalue weighted by Gasteiger charge is -2.29. The van der Waals surface area contributed by atoms with Crippen molar-refractivity contribution in [1.82, 2.24) is 9.29 Å². The average molecular weight is 371 g/mol. The monoisotopic (exact) mass is 371 g/mol. The third kappa shape index (κ3) is 2.81. The Morgan fingerprint density at radius 3 is 2.73 bits per heavy atom. The van der Waals surface area contributed by atoms with Crippen LogP contribution >= 0.6 is 0 Å². The van der Waals surface area contributed by atoms with Gasteiger partial charge in [-0.2, -0.15) is 4.31 Å². The van der Waals surface area contributed by atoms with Gasteiger partial charge in [-0.25, -0.2) is 8.42 Å². The van der Waals surface area contributed by atoms with Gasteiger partial charge in [0.05, 0.1) is 11.8 Å². The molecule has 2 aliphatic heterocycles. The van der Waals surface area contributed by atoms with E-state index in [1.54, 1.807) is 12.4 Å². The number of fused-ring (bicyclic) bond motifs is 2. The largest absolute Gasteiger partial charge is 0.305 e. The van der Waals surface area contributed by atoms with Crippen molar-refractivity contribution >= 4 is 21.6 Å². The molecule has 1 aromatic heterocycles. The highest BCUT2D eigenvalue weighted by molar-refractivity contribution is 7.88. The molecule has 0 spiro atoms. The van der Waals surface area contributed by atoms with Crippen LogP contribution < -0.4 is 4.90 Å². The summed E-state index contributed by atoms with van der Waals surface area (Å²) >= 11 is 0. The van der Waals surface area contributed by atoms with E-state index >= 15 is 0 Å². The highest BCUT2D eigenvalue weighted by Gasteiger charge is 2.34. The summed E-state index contributed by atoms with van der Waals surface area (Å²) in [5.74, 6) is -0.0559. The molecular formula is C19H21N3O3S. The molecule has 7 heteroatoms. The molecule has 1 aromatic carbocycles. The van der Waals surface area contributed by atoms with Gasteiger partial charge >= 0.3 is 0 Å². The summed E-state index contributed by atoms with van der Waals surface area (Å²) in [7, 11) is -3.26. The minimum absolute atomic E-state index is 0.0559. The van der Waals surface area contributed by atoms with E-state index in [4.69, 9.17) is 0 Å². The van der Waals surface area contributed by atoms with Gasteiger partial charge in [0.15, 0.2) is 0 Å². The zero-order valence-electron chi connectivity index (χ0n) is 14.8. The van der Waals surface area contributed by atoms with Gasteiger partial charge in [0.1, 0.15) is 0 Å². The van der Waals surface area contributed by atoms with Crippen LogP contribution in [-0.4, -0.2) is 42.5 Å². The maximum Gasteiger partial charge on any atom is 0.260 e. The van der Waals surface area contributed by atoms with Gasteiger partial charge < -0.3 is 4.90 Å². The Hall–Kier alpha value is -2.25. The molecule has 2 aliphatic rings. The lowest BCUT2D eigenvalue weighted by atomic mass is 9.97. The van der Waals surface area contributed by atoms with E-state index in [-0.39, 0.29) is 18.5 Å². The quantitative estimate of drug-likeness (QED) is 0.809. The SMILES string of the molecule is CC1Cc2ccccc2N1C(=O)c1cncc2c1CCN(S(C)(=O)=O)C2. The fourth-order valence-corrected chi connectivity index (χ4v) is 4.74. The summed E-state index contributed by atoms with van der Waals surface area (Å²) in [4.78, 5) is 19.4. The molecule has 0 saturated carbocycles. The van der Waals surface area contributed by atoms with Crippen LogP contribution in [0.4, 0.5) is 5.69 Å². The van der Waals surface area contributed by atoms with E-state index in [2.05, 4.69) is 11.1 Å². The van der Waals surface area contributed by atoms with E-state index in [1.165, 1.54) is 16.1 Å². The number of amides is 1. The highest BCUT2D eigenvalue weighted by Crippen LogP contribution is 2.34. The molecule has 3 heterocycles. The van der Waals surface area contributed by atoms with Gasteiger partial charge in [-0.05, 0) is 42.5 Å². The van der Waals surface area contributed by atoms with Crippen LogP contribution in [0.1, 0.15) is 34.0 Å². The van der Waals surface area contributed by atoms with Gasteiger partial charge in [0.25, 0.3) is 5.91 Å². The van der Waals surface area contributed by atoms with E-state index < -0.39 is 10.0 Å². The molecule has 136 valence electrons. The molecule has 1 amide bonds. The number of nitrogens with zero attached hydrogens (tertiary/aromatic N) is 3. The van der Waals surface area contributed by atoms with E-state index in [9.17, 15) is 13.2 Å². The molecule has 6 nitrogen and oxygen atoms in total. The average Bonchev–Trinajstić information content (AvgIpc) is 2.95. The summed E-state index contributed by atoms with van der Waals surface area (Å²) in [6.45, 7) is 2.71. The van der Waals surface area contributed by atoms with Crippen molar-refractivity contribution in [2.75, 3.05) is 17.7 Å². The summed E-state index contributed by atoms with van der Waals surface area (Å²) in [5.41, 5.74) is 4.44. The molecule has 0 bridgehead atoms.